The third-order valence-electron chi connectivity index (χ3n) is 5.34. The van der Waals surface area contributed by atoms with Crippen LogP contribution in [0.15, 0.2) is 36.4 Å². The number of piperidine rings is 1. The van der Waals surface area contributed by atoms with Gasteiger partial charge in [-0.15, -0.1) is 0 Å². The lowest BCUT2D eigenvalue weighted by Gasteiger charge is -2.37. The van der Waals surface area contributed by atoms with Gasteiger partial charge in [0.2, 0.25) is 5.91 Å². The van der Waals surface area contributed by atoms with E-state index < -0.39 is 0 Å². The summed E-state index contributed by atoms with van der Waals surface area (Å²) >= 11 is 6.08. The maximum absolute atomic E-state index is 12.9. The van der Waals surface area contributed by atoms with Crippen LogP contribution in [0.5, 0.6) is 11.5 Å². The summed E-state index contributed by atoms with van der Waals surface area (Å²) in [7, 11) is 3.03. The topological polar surface area (TPSA) is 126 Å². The van der Waals surface area contributed by atoms with Crippen LogP contribution < -0.4 is 21.1 Å². The zero-order chi connectivity index (χ0) is 23.3. The molecule has 32 heavy (non-hydrogen) atoms. The van der Waals surface area contributed by atoms with E-state index in [0.29, 0.717) is 36.6 Å². The van der Waals surface area contributed by atoms with Crippen molar-refractivity contribution in [3.8, 4) is 11.5 Å². The van der Waals surface area contributed by atoms with Crippen LogP contribution in [0.3, 0.4) is 0 Å². The molecule has 9 nitrogen and oxygen atoms in total. The molecule has 0 aromatic heterocycles. The molecule has 0 spiro atoms. The van der Waals surface area contributed by atoms with Gasteiger partial charge in [-0.25, -0.2) is 0 Å². The van der Waals surface area contributed by atoms with Gasteiger partial charge in [-0.3, -0.25) is 14.5 Å². The summed E-state index contributed by atoms with van der Waals surface area (Å²) in [4.78, 5) is 27.2. The number of ether oxygens (including phenoxy) is 2. The summed E-state index contributed by atoms with van der Waals surface area (Å²) in [6, 6.07) is 9.03. The first kappa shape index (κ1) is 23.6. The average Bonchev–Trinajstić information content (AvgIpc) is 2.77. The Morgan fingerprint density at radius 2 is 1.97 bits per heavy atom. The first-order chi connectivity index (χ1) is 15.3. The molecule has 1 saturated heterocycles. The van der Waals surface area contributed by atoms with E-state index >= 15 is 0 Å². The number of hydrogen-bond donors (Lipinski definition) is 4. The van der Waals surface area contributed by atoms with E-state index in [1.807, 2.05) is 4.90 Å². The number of nitrogens with zero attached hydrogens (tertiary/aromatic N) is 1. The molecule has 0 unspecified atom stereocenters. The number of phenolic OH excluding ortho intramolecular Hbond substituents is 1. The van der Waals surface area contributed by atoms with Gasteiger partial charge in [-0.05, 0) is 36.8 Å². The first-order valence-corrected chi connectivity index (χ1v) is 10.5. The van der Waals surface area contributed by atoms with Gasteiger partial charge in [-0.2, -0.15) is 0 Å². The number of carbonyl (C=O) groups excluding carboxylic acids is 2. The molecule has 172 valence electrons. The maximum atomic E-state index is 12.9. The van der Waals surface area contributed by atoms with Gasteiger partial charge >= 0.3 is 0 Å². The van der Waals surface area contributed by atoms with Gasteiger partial charge in [-0.1, -0.05) is 11.6 Å². The highest BCUT2D eigenvalue weighted by Gasteiger charge is 2.32. The van der Waals surface area contributed by atoms with Gasteiger partial charge in [0, 0.05) is 32.0 Å². The second-order valence-electron chi connectivity index (χ2n) is 7.55. The Hall–Kier alpha value is -3.01. The third kappa shape index (κ3) is 5.82. The van der Waals surface area contributed by atoms with Crippen LogP contribution in [-0.2, 0) is 9.53 Å². The van der Waals surface area contributed by atoms with E-state index in [1.54, 1.807) is 19.2 Å². The highest BCUT2D eigenvalue weighted by molar-refractivity contribution is 6.33. The molecule has 1 fully saturated rings. The van der Waals surface area contributed by atoms with Gasteiger partial charge in [0.15, 0.2) is 0 Å². The normalized spacial score (nSPS) is 18.7. The van der Waals surface area contributed by atoms with Crippen LogP contribution in [0.4, 0.5) is 11.4 Å². The van der Waals surface area contributed by atoms with E-state index in [4.69, 9.17) is 26.8 Å². The largest absolute Gasteiger partial charge is 0.508 e. The second kappa shape index (κ2) is 10.5. The molecule has 2 amide bonds. The Morgan fingerprint density at radius 3 is 2.62 bits per heavy atom. The van der Waals surface area contributed by atoms with Crippen molar-refractivity contribution < 1.29 is 24.2 Å². The number of nitrogens with two attached hydrogens (primary N) is 1. The number of anilines is 2. The molecule has 2 atom stereocenters. The van der Waals surface area contributed by atoms with E-state index in [-0.39, 0.29) is 46.8 Å². The molecule has 0 aliphatic carbocycles. The molecule has 2 aromatic rings. The van der Waals surface area contributed by atoms with Crippen LogP contribution in [0.1, 0.15) is 16.8 Å². The number of amides is 2. The van der Waals surface area contributed by atoms with E-state index in [1.165, 1.54) is 31.4 Å². The number of rotatable bonds is 7. The van der Waals surface area contributed by atoms with Crippen molar-refractivity contribution in [2.75, 3.05) is 44.9 Å². The number of likely N-dealkylation sites (tertiary alicyclic amines) is 1. The number of aromatic hydroxyl groups is 1. The van der Waals surface area contributed by atoms with E-state index in [0.717, 1.165) is 0 Å². The number of phenols is 1. The number of carbonyl (C=O) groups is 2. The molecule has 0 saturated carbocycles. The molecule has 0 bridgehead atoms. The van der Waals surface area contributed by atoms with Gasteiger partial charge in [0.25, 0.3) is 5.91 Å². The molecule has 0 radical (unpaired) electrons. The van der Waals surface area contributed by atoms with Crippen LogP contribution in [0.2, 0.25) is 5.02 Å². The zero-order valence-corrected chi connectivity index (χ0v) is 18.7. The lowest BCUT2D eigenvalue weighted by atomic mass is 10.0. The molecular formula is C22H27ClN4O5. The number of methoxy groups -OCH3 is 2. The van der Waals surface area contributed by atoms with Crippen molar-refractivity contribution in [3.63, 3.8) is 0 Å². The number of nitrogens with one attached hydrogen (secondary N) is 2. The molecule has 5 N–H and O–H groups in total. The summed E-state index contributed by atoms with van der Waals surface area (Å²) in [5.74, 6) is -0.0424. The first-order valence-electron chi connectivity index (χ1n) is 10.1. The van der Waals surface area contributed by atoms with E-state index in [2.05, 4.69) is 10.6 Å². The number of halogens is 1. The third-order valence-corrected chi connectivity index (χ3v) is 5.67. The predicted molar refractivity (Wildman–Crippen MR) is 122 cm³/mol. The number of nitrogen functional groups attached to an aromatic ring is 1. The summed E-state index contributed by atoms with van der Waals surface area (Å²) < 4.78 is 10.9. The summed E-state index contributed by atoms with van der Waals surface area (Å²) in [6.07, 6.45) is 0.298. The minimum atomic E-state index is -0.339. The number of benzene rings is 2. The molecule has 1 aliphatic rings. The van der Waals surface area contributed by atoms with E-state index in [9.17, 15) is 14.7 Å². The summed E-state index contributed by atoms with van der Waals surface area (Å²) in [6.45, 7) is 1.26. The second-order valence-corrected chi connectivity index (χ2v) is 7.95. The van der Waals surface area contributed by atoms with Gasteiger partial charge in [0.05, 0.1) is 42.1 Å². The SMILES string of the molecule is COc1cc(N)c(Cl)cc1C(=O)N[C@@H]1CCN(CC(=O)Nc2ccc(O)cc2)C[C@@H]1OC. The molecule has 1 aliphatic heterocycles. The molecule has 3 rings (SSSR count). The fraction of sp³-hybridized carbons (Fsp3) is 0.364. The smallest absolute Gasteiger partial charge is 0.255 e. The monoisotopic (exact) mass is 462 g/mol. The highest BCUT2D eigenvalue weighted by atomic mass is 35.5. The average molecular weight is 463 g/mol. The Kier molecular flexibility index (Phi) is 7.79. The van der Waals surface area contributed by atoms with Gasteiger partial charge < -0.3 is 30.9 Å². The quantitative estimate of drug-likeness (QED) is 0.366. The van der Waals surface area contributed by atoms with Crippen molar-refractivity contribution in [3.05, 3.63) is 47.0 Å². The standard InChI is InChI=1S/C22H27ClN4O5/c1-31-19-10-17(24)16(23)9-15(19)22(30)26-18-7-8-27(11-20(18)32-2)12-21(29)25-13-3-5-14(28)6-4-13/h3-6,9-10,18,20,28H,7-8,11-12,24H2,1-2H3,(H,25,29)(H,26,30)/t18-,20+/m1/s1. The fourth-order valence-electron chi connectivity index (χ4n) is 3.64. The fourth-order valence-corrected chi connectivity index (χ4v) is 3.80. The lowest BCUT2D eigenvalue weighted by molar-refractivity contribution is -0.118. The maximum Gasteiger partial charge on any atom is 0.255 e. The summed E-state index contributed by atoms with van der Waals surface area (Å²) in [5.41, 5.74) is 7.01. The summed E-state index contributed by atoms with van der Waals surface area (Å²) in [5, 5.41) is 15.4. The Morgan fingerprint density at radius 1 is 1.25 bits per heavy atom. The molecular weight excluding hydrogens is 436 g/mol. The predicted octanol–water partition coefficient (Wildman–Crippen LogP) is 2.09. The highest BCUT2D eigenvalue weighted by Crippen LogP contribution is 2.29. The Bertz CT molecular complexity index is 970. The number of hydrogen-bond acceptors (Lipinski definition) is 7. The van der Waals surface area contributed by atoms with Crippen molar-refractivity contribution in [1.29, 1.82) is 0 Å². The minimum Gasteiger partial charge on any atom is -0.508 e. The molecule has 10 heteroatoms. The van der Waals surface area contributed by atoms with Crippen LogP contribution in [0.25, 0.3) is 0 Å². The molecule has 1 heterocycles. The Balaban J connectivity index is 1.58. The molecule has 2 aromatic carbocycles. The van der Waals surface area contributed by atoms with Crippen molar-refractivity contribution in [1.82, 2.24) is 10.2 Å². The van der Waals surface area contributed by atoms with Crippen LogP contribution in [-0.4, -0.2) is 67.8 Å². The van der Waals surface area contributed by atoms with Gasteiger partial charge in [0.1, 0.15) is 11.5 Å². The Labute approximate surface area is 191 Å². The lowest BCUT2D eigenvalue weighted by Crippen LogP contribution is -2.55. The van der Waals surface area contributed by atoms with Crippen molar-refractivity contribution >= 4 is 34.8 Å². The van der Waals surface area contributed by atoms with Crippen LogP contribution >= 0.6 is 11.6 Å². The minimum absolute atomic E-state index is 0.133. The van der Waals surface area contributed by atoms with Crippen molar-refractivity contribution in [2.24, 2.45) is 0 Å². The van der Waals surface area contributed by atoms with Crippen LogP contribution in [0, 0.1) is 0 Å². The zero-order valence-electron chi connectivity index (χ0n) is 17.9. The van der Waals surface area contributed by atoms with Crippen molar-refractivity contribution in [2.45, 2.75) is 18.6 Å².